The fourth-order valence-electron chi connectivity index (χ4n) is 2.79. The van der Waals surface area contributed by atoms with Gasteiger partial charge < -0.3 is 0 Å². The lowest BCUT2D eigenvalue weighted by Crippen LogP contribution is -2.28. The Balaban J connectivity index is 0.000000531. The van der Waals surface area contributed by atoms with Crippen LogP contribution in [0.5, 0.6) is 0 Å². The van der Waals surface area contributed by atoms with Crippen molar-refractivity contribution >= 4 is 12.6 Å². The Morgan fingerprint density at radius 1 is 1.20 bits per heavy atom. The van der Waals surface area contributed by atoms with E-state index in [1.165, 1.54) is 12.8 Å². The van der Waals surface area contributed by atoms with E-state index in [9.17, 15) is 0 Å². The molecule has 1 aliphatic carbocycles. The Kier molecular flexibility index (Phi) is 4.27. The highest BCUT2D eigenvalue weighted by Crippen LogP contribution is 2.38. The first-order chi connectivity index (χ1) is 7.09. The van der Waals surface area contributed by atoms with Crippen molar-refractivity contribution in [3.8, 4) is 0 Å². The molecular formula is C14H22S. The van der Waals surface area contributed by atoms with Crippen LogP contribution in [0.4, 0.5) is 0 Å². The van der Waals surface area contributed by atoms with Gasteiger partial charge in [-0.25, -0.2) is 0 Å². The monoisotopic (exact) mass is 222 g/mol. The predicted octanol–water partition coefficient (Wildman–Crippen LogP) is 4.09. The fourth-order valence-corrected chi connectivity index (χ4v) is 2.79. The quantitative estimate of drug-likeness (QED) is 0.628. The van der Waals surface area contributed by atoms with E-state index in [0.717, 1.165) is 5.92 Å². The van der Waals surface area contributed by atoms with E-state index in [1.54, 1.807) is 17.4 Å². The molecule has 0 amide bonds. The van der Waals surface area contributed by atoms with Crippen molar-refractivity contribution in [2.45, 2.75) is 39.0 Å². The second kappa shape index (κ2) is 5.07. The highest BCUT2D eigenvalue weighted by molar-refractivity contribution is 7.79. The number of hydrogen-bond acceptors (Lipinski definition) is 1. The van der Waals surface area contributed by atoms with Gasteiger partial charge in [-0.15, -0.1) is 0 Å². The summed E-state index contributed by atoms with van der Waals surface area (Å²) in [6, 6.07) is 8.90. The summed E-state index contributed by atoms with van der Waals surface area (Å²) >= 11 is 3.53. The average Bonchev–Trinajstić information content (AvgIpc) is 2.19. The van der Waals surface area contributed by atoms with Crippen LogP contribution >= 0.6 is 12.6 Å². The van der Waals surface area contributed by atoms with Crippen LogP contribution in [0, 0.1) is 5.92 Å². The van der Waals surface area contributed by atoms with Crippen molar-refractivity contribution < 1.29 is 0 Å². The standard InChI is InChI=1S/C13H18.CH4S/c1-10-8-11-6-4-5-7-12(11)13(2,3)9-10;1-2/h4-7,10H,8-9H2,1-3H3;2H,1H3. The molecule has 1 aromatic rings. The summed E-state index contributed by atoms with van der Waals surface area (Å²) in [5, 5.41) is 0. The number of fused-ring (bicyclic) bond motifs is 1. The Morgan fingerprint density at radius 2 is 1.80 bits per heavy atom. The summed E-state index contributed by atoms with van der Waals surface area (Å²) in [5.74, 6) is 0.838. The van der Waals surface area contributed by atoms with Gasteiger partial charge in [-0.3, -0.25) is 0 Å². The molecule has 0 bridgehead atoms. The molecule has 1 aliphatic rings. The lowest BCUT2D eigenvalue weighted by Gasteiger charge is -2.36. The molecule has 0 fully saturated rings. The Bertz CT molecular complexity index is 315. The Labute approximate surface area is 99.5 Å². The van der Waals surface area contributed by atoms with Gasteiger partial charge in [0, 0.05) is 0 Å². The van der Waals surface area contributed by atoms with Crippen LogP contribution in [-0.4, -0.2) is 6.26 Å². The summed E-state index contributed by atoms with van der Waals surface area (Å²) in [4.78, 5) is 0. The van der Waals surface area contributed by atoms with E-state index >= 15 is 0 Å². The van der Waals surface area contributed by atoms with Crippen molar-refractivity contribution in [2.75, 3.05) is 6.26 Å². The lowest BCUT2D eigenvalue weighted by atomic mass is 9.69. The number of hydrogen-bond donors (Lipinski definition) is 1. The zero-order chi connectivity index (χ0) is 11.5. The van der Waals surface area contributed by atoms with Crippen molar-refractivity contribution in [2.24, 2.45) is 5.92 Å². The summed E-state index contributed by atoms with van der Waals surface area (Å²) in [6.07, 6.45) is 4.28. The van der Waals surface area contributed by atoms with Crippen LogP contribution in [0.25, 0.3) is 0 Å². The SMILES string of the molecule is CC1Cc2ccccc2C(C)(C)C1.CS. The number of thiol groups is 1. The summed E-state index contributed by atoms with van der Waals surface area (Å²) in [7, 11) is 0. The third kappa shape index (κ3) is 2.78. The van der Waals surface area contributed by atoms with Crippen molar-refractivity contribution in [3.05, 3.63) is 35.4 Å². The van der Waals surface area contributed by atoms with E-state index in [1.807, 2.05) is 0 Å². The second-order valence-corrected chi connectivity index (χ2v) is 5.05. The van der Waals surface area contributed by atoms with Crippen molar-refractivity contribution in [3.63, 3.8) is 0 Å². The van der Waals surface area contributed by atoms with E-state index in [2.05, 4.69) is 57.7 Å². The minimum atomic E-state index is 0.383. The van der Waals surface area contributed by atoms with Crippen LogP contribution in [0.15, 0.2) is 24.3 Å². The molecule has 0 saturated heterocycles. The van der Waals surface area contributed by atoms with Gasteiger partial charge in [-0.2, -0.15) is 12.6 Å². The highest BCUT2D eigenvalue weighted by atomic mass is 32.1. The minimum Gasteiger partial charge on any atom is -0.183 e. The van der Waals surface area contributed by atoms with Crippen molar-refractivity contribution in [1.29, 1.82) is 0 Å². The second-order valence-electron chi connectivity index (χ2n) is 5.05. The van der Waals surface area contributed by atoms with Gasteiger partial charge in [-0.05, 0) is 41.6 Å². The summed E-state index contributed by atoms with van der Waals surface area (Å²) in [5.41, 5.74) is 3.51. The van der Waals surface area contributed by atoms with Gasteiger partial charge in [0.05, 0.1) is 0 Å². The van der Waals surface area contributed by atoms with Crippen LogP contribution in [-0.2, 0) is 11.8 Å². The molecule has 1 unspecified atom stereocenters. The third-order valence-corrected chi connectivity index (χ3v) is 3.17. The molecule has 0 radical (unpaired) electrons. The molecule has 1 aromatic carbocycles. The number of rotatable bonds is 0. The van der Waals surface area contributed by atoms with Crippen molar-refractivity contribution in [1.82, 2.24) is 0 Å². The van der Waals surface area contributed by atoms with Gasteiger partial charge in [0.15, 0.2) is 0 Å². The largest absolute Gasteiger partial charge is 0.183 e. The van der Waals surface area contributed by atoms with E-state index in [0.29, 0.717) is 5.41 Å². The molecule has 0 heterocycles. The maximum atomic E-state index is 3.53. The van der Waals surface area contributed by atoms with Crippen LogP contribution < -0.4 is 0 Å². The maximum Gasteiger partial charge on any atom is -0.00982 e. The Hall–Kier alpha value is -0.430. The predicted molar refractivity (Wildman–Crippen MR) is 71.9 cm³/mol. The smallest absolute Gasteiger partial charge is 0.00982 e. The first-order valence-corrected chi connectivity index (χ1v) is 6.52. The zero-order valence-electron chi connectivity index (χ0n) is 10.2. The molecule has 0 nitrogen and oxygen atoms in total. The molecule has 0 aliphatic heterocycles. The highest BCUT2D eigenvalue weighted by Gasteiger charge is 2.30. The van der Waals surface area contributed by atoms with E-state index in [4.69, 9.17) is 0 Å². The van der Waals surface area contributed by atoms with Crippen LogP contribution in [0.2, 0.25) is 0 Å². The molecule has 1 heteroatoms. The summed E-state index contributed by atoms with van der Waals surface area (Å²) in [6.45, 7) is 7.08. The molecule has 1 atom stereocenters. The number of benzene rings is 1. The molecule has 2 rings (SSSR count). The first-order valence-electron chi connectivity index (χ1n) is 5.63. The molecule has 0 aromatic heterocycles. The summed E-state index contributed by atoms with van der Waals surface area (Å²) < 4.78 is 0. The van der Waals surface area contributed by atoms with Gasteiger partial charge in [0.2, 0.25) is 0 Å². The van der Waals surface area contributed by atoms with E-state index in [-0.39, 0.29) is 0 Å². The van der Waals surface area contributed by atoms with Crippen LogP contribution in [0.1, 0.15) is 38.3 Å². The third-order valence-electron chi connectivity index (χ3n) is 3.17. The maximum absolute atomic E-state index is 3.53. The fraction of sp³-hybridized carbons (Fsp3) is 0.571. The average molecular weight is 222 g/mol. The van der Waals surface area contributed by atoms with Gasteiger partial charge in [-0.1, -0.05) is 45.0 Å². The van der Waals surface area contributed by atoms with Gasteiger partial charge in [0.1, 0.15) is 0 Å². The van der Waals surface area contributed by atoms with Crippen LogP contribution in [0.3, 0.4) is 0 Å². The molecular weight excluding hydrogens is 200 g/mol. The lowest BCUT2D eigenvalue weighted by molar-refractivity contribution is 0.348. The van der Waals surface area contributed by atoms with E-state index < -0.39 is 0 Å². The zero-order valence-corrected chi connectivity index (χ0v) is 11.1. The molecule has 0 N–H and O–H groups in total. The molecule has 0 saturated carbocycles. The van der Waals surface area contributed by atoms with Gasteiger partial charge in [0.25, 0.3) is 0 Å². The molecule has 15 heavy (non-hydrogen) atoms. The topological polar surface area (TPSA) is 0 Å². The molecule has 0 spiro atoms. The minimum absolute atomic E-state index is 0.383. The Morgan fingerprint density at radius 3 is 2.47 bits per heavy atom. The van der Waals surface area contributed by atoms with Gasteiger partial charge >= 0.3 is 0 Å². The normalized spacial score (nSPS) is 22.3. The first kappa shape index (κ1) is 12.6. The molecule has 84 valence electrons.